The van der Waals surface area contributed by atoms with Gasteiger partial charge in [0.25, 0.3) is 0 Å². The van der Waals surface area contributed by atoms with E-state index in [1.807, 2.05) is 6.07 Å². The van der Waals surface area contributed by atoms with Crippen LogP contribution in [0.25, 0.3) is 11.5 Å². The molecular formula is C14H17N5. The van der Waals surface area contributed by atoms with Gasteiger partial charge in [0.05, 0.1) is 5.69 Å². The van der Waals surface area contributed by atoms with E-state index in [2.05, 4.69) is 31.1 Å². The molecule has 2 aliphatic rings. The van der Waals surface area contributed by atoms with Gasteiger partial charge in [0.2, 0.25) is 0 Å². The number of piperidine rings is 1. The predicted molar refractivity (Wildman–Crippen MR) is 71.6 cm³/mol. The minimum absolute atomic E-state index is 0.257. The zero-order valence-electron chi connectivity index (χ0n) is 10.8. The number of aromatic amines is 1. The number of rotatable bonds is 2. The molecule has 2 bridgehead atoms. The topological polar surface area (TPSA) is 57.7 Å². The zero-order valence-corrected chi connectivity index (χ0v) is 10.8. The number of nitrogens with one attached hydrogen (secondary N) is 1. The molecule has 4 rings (SSSR count). The van der Waals surface area contributed by atoms with Gasteiger partial charge in [-0.05, 0) is 44.5 Å². The van der Waals surface area contributed by atoms with Gasteiger partial charge in [-0.25, -0.2) is 4.98 Å². The number of nitrogens with zero attached hydrogens (tertiary/aromatic N) is 4. The van der Waals surface area contributed by atoms with E-state index < -0.39 is 0 Å². The number of fused-ring (bicyclic) bond motifs is 2. The molecule has 19 heavy (non-hydrogen) atoms. The summed E-state index contributed by atoms with van der Waals surface area (Å²) in [6.07, 6.45) is 7.29. The van der Waals surface area contributed by atoms with Crippen LogP contribution < -0.4 is 0 Å². The Hall–Kier alpha value is -1.75. The van der Waals surface area contributed by atoms with Gasteiger partial charge in [-0.2, -0.15) is 5.10 Å². The lowest BCUT2D eigenvalue weighted by molar-refractivity contribution is 0.239. The predicted octanol–water partition coefficient (Wildman–Crippen LogP) is 1.60. The summed E-state index contributed by atoms with van der Waals surface area (Å²) in [4.78, 5) is 9.82. The van der Waals surface area contributed by atoms with Crippen molar-refractivity contribution < 1.29 is 0 Å². The Morgan fingerprint density at radius 3 is 2.95 bits per heavy atom. The first-order chi connectivity index (χ1) is 9.36. The maximum absolute atomic E-state index is 4.49. The van der Waals surface area contributed by atoms with Crippen molar-refractivity contribution in [2.75, 3.05) is 19.6 Å². The number of aromatic nitrogens is 4. The van der Waals surface area contributed by atoms with Crippen molar-refractivity contribution in [2.45, 2.75) is 24.7 Å². The van der Waals surface area contributed by atoms with Gasteiger partial charge in [-0.15, -0.1) is 5.10 Å². The van der Waals surface area contributed by atoms with Crippen LogP contribution in [0, 0.1) is 0 Å². The fourth-order valence-corrected chi connectivity index (χ4v) is 3.48. The summed E-state index contributed by atoms with van der Waals surface area (Å²) < 4.78 is 0. The smallest absolute Gasteiger partial charge is 0.157 e. The Morgan fingerprint density at radius 2 is 2.16 bits per heavy atom. The Kier molecular flexibility index (Phi) is 2.41. The molecule has 0 saturated carbocycles. The highest BCUT2D eigenvalue weighted by molar-refractivity contribution is 5.47. The van der Waals surface area contributed by atoms with Crippen LogP contribution in [-0.2, 0) is 5.41 Å². The summed E-state index contributed by atoms with van der Waals surface area (Å²) in [6.45, 7) is 3.61. The average molecular weight is 255 g/mol. The molecule has 5 heteroatoms. The third kappa shape index (κ3) is 1.76. The number of H-pyrrole nitrogens is 1. The first-order valence-corrected chi connectivity index (χ1v) is 6.92. The molecule has 2 atom stereocenters. The van der Waals surface area contributed by atoms with E-state index >= 15 is 0 Å². The lowest BCUT2D eigenvalue weighted by Crippen LogP contribution is -2.37. The monoisotopic (exact) mass is 255 g/mol. The lowest BCUT2D eigenvalue weighted by Gasteiger charge is -2.33. The van der Waals surface area contributed by atoms with Crippen molar-refractivity contribution >= 4 is 0 Å². The van der Waals surface area contributed by atoms with Crippen molar-refractivity contribution in [1.29, 1.82) is 0 Å². The second-order valence-corrected chi connectivity index (χ2v) is 5.65. The third-order valence-electron chi connectivity index (χ3n) is 4.51. The molecule has 5 nitrogen and oxygen atoms in total. The van der Waals surface area contributed by atoms with E-state index in [0.29, 0.717) is 0 Å². The molecular weight excluding hydrogens is 238 g/mol. The van der Waals surface area contributed by atoms with Crippen molar-refractivity contribution in [3.8, 4) is 11.5 Å². The van der Waals surface area contributed by atoms with E-state index in [1.54, 1.807) is 12.4 Å². The van der Waals surface area contributed by atoms with Gasteiger partial charge in [0, 0.05) is 24.4 Å². The van der Waals surface area contributed by atoms with E-state index in [-0.39, 0.29) is 5.41 Å². The van der Waals surface area contributed by atoms with Crippen molar-refractivity contribution in [3.05, 3.63) is 30.2 Å². The van der Waals surface area contributed by atoms with E-state index in [0.717, 1.165) is 23.8 Å². The van der Waals surface area contributed by atoms with Crippen LogP contribution in [0.5, 0.6) is 0 Å². The van der Waals surface area contributed by atoms with E-state index in [9.17, 15) is 0 Å². The number of imidazole rings is 1. The maximum atomic E-state index is 4.49. The molecule has 2 unspecified atom stereocenters. The Morgan fingerprint density at radius 1 is 1.16 bits per heavy atom. The summed E-state index contributed by atoms with van der Waals surface area (Å²) in [5, 5.41) is 8.84. The summed E-state index contributed by atoms with van der Waals surface area (Å²) in [5.41, 5.74) is 2.23. The highest BCUT2D eigenvalue weighted by atomic mass is 15.2. The molecule has 0 spiro atoms. The second kappa shape index (κ2) is 4.13. The quantitative estimate of drug-likeness (QED) is 0.885. The lowest BCUT2D eigenvalue weighted by atomic mass is 9.78. The molecule has 4 heterocycles. The number of hydrogen-bond acceptors (Lipinski definition) is 4. The minimum atomic E-state index is 0.257. The molecule has 2 saturated heterocycles. The first kappa shape index (κ1) is 11.1. The SMILES string of the molecule is c1c[nH]c(-c2ccc(C34CCCN(CC3)C4)nn2)n1. The van der Waals surface area contributed by atoms with Crippen molar-refractivity contribution in [3.63, 3.8) is 0 Å². The van der Waals surface area contributed by atoms with Crippen LogP contribution in [0.2, 0.25) is 0 Å². The molecule has 1 N–H and O–H groups in total. The van der Waals surface area contributed by atoms with Gasteiger partial charge in [0.1, 0.15) is 5.69 Å². The Labute approximate surface area is 112 Å². The molecule has 98 valence electrons. The van der Waals surface area contributed by atoms with Gasteiger partial charge >= 0.3 is 0 Å². The van der Waals surface area contributed by atoms with Crippen LogP contribution in [0.4, 0.5) is 0 Å². The summed E-state index contributed by atoms with van der Waals surface area (Å²) in [5.74, 6) is 0.785. The molecule has 2 aromatic rings. The largest absolute Gasteiger partial charge is 0.343 e. The molecule has 2 aromatic heterocycles. The molecule has 2 fully saturated rings. The summed E-state index contributed by atoms with van der Waals surface area (Å²) in [7, 11) is 0. The molecule has 0 radical (unpaired) electrons. The first-order valence-electron chi connectivity index (χ1n) is 6.92. The second-order valence-electron chi connectivity index (χ2n) is 5.65. The highest BCUT2D eigenvalue weighted by Crippen LogP contribution is 2.41. The molecule has 0 amide bonds. The number of hydrogen-bond donors (Lipinski definition) is 1. The van der Waals surface area contributed by atoms with Crippen LogP contribution in [-0.4, -0.2) is 44.7 Å². The summed E-state index contributed by atoms with van der Waals surface area (Å²) >= 11 is 0. The molecule has 0 aromatic carbocycles. The van der Waals surface area contributed by atoms with Crippen molar-refractivity contribution in [2.24, 2.45) is 0 Å². The normalized spacial score (nSPS) is 29.6. The maximum Gasteiger partial charge on any atom is 0.157 e. The van der Waals surface area contributed by atoms with Gasteiger partial charge in [-0.1, -0.05) is 0 Å². The van der Waals surface area contributed by atoms with Crippen LogP contribution in [0.3, 0.4) is 0 Å². The average Bonchev–Trinajstić information content (AvgIpc) is 3.09. The highest BCUT2D eigenvalue weighted by Gasteiger charge is 2.43. The van der Waals surface area contributed by atoms with Crippen LogP contribution in [0.15, 0.2) is 24.5 Å². The Balaban J connectivity index is 1.66. The van der Waals surface area contributed by atoms with Crippen LogP contribution in [0.1, 0.15) is 25.0 Å². The zero-order chi connectivity index (χ0) is 12.7. The van der Waals surface area contributed by atoms with E-state index in [4.69, 9.17) is 0 Å². The van der Waals surface area contributed by atoms with Crippen LogP contribution >= 0.6 is 0 Å². The standard InChI is InChI=1S/C14H17N5/c1-4-14(5-9-19(8-1)10-14)12-3-2-11(17-18-12)13-15-6-7-16-13/h2-3,6-7H,1,4-5,8-10H2,(H,15,16). The minimum Gasteiger partial charge on any atom is -0.343 e. The van der Waals surface area contributed by atoms with Gasteiger partial charge < -0.3 is 9.88 Å². The summed E-state index contributed by atoms with van der Waals surface area (Å²) in [6, 6.07) is 4.17. The molecule has 0 aliphatic carbocycles. The van der Waals surface area contributed by atoms with Crippen molar-refractivity contribution in [1.82, 2.24) is 25.1 Å². The Bertz CT molecular complexity index is 558. The van der Waals surface area contributed by atoms with Gasteiger partial charge in [0.15, 0.2) is 5.82 Å². The molecule has 2 aliphatic heterocycles. The fourth-order valence-electron chi connectivity index (χ4n) is 3.48. The third-order valence-corrected chi connectivity index (χ3v) is 4.51. The van der Waals surface area contributed by atoms with Gasteiger partial charge in [-0.3, -0.25) is 0 Å². The fraction of sp³-hybridized carbons (Fsp3) is 0.500. The van der Waals surface area contributed by atoms with E-state index in [1.165, 1.54) is 32.4 Å².